The lowest BCUT2D eigenvalue weighted by Crippen LogP contribution is -2.47. The van der Waals surface area contributed by atoms with Gasteiger partial charge in [-0.2, -0.15) is 0 Å². The molecule has 0 aromatic heterocycles. The number of hydrogen-bond donors (Lipinski definition) is 0. The van der Waals surface area contributed by atoms with Crippen LogP contribution < -0.4 is 4.74 Å². The summed E-state index contributed by atoms with van der Waals surface area (Å²) in [4.78, 5) is 5.03. The quantitative estimate of drug-likeness (QED) is 0.755. The molecule has 2 rings (SSSR count). The van der Waals surface area contributed by atoms with Gasteiger partial charge in [0, 0.05) is 46.4 Å². The first-order valence-corrected chi connectivity index (χ1v) is 7.38. The smallest absolute Gasteiger partial charge is 0.118 e. The van der Waals surface area contributed by atoms with Crippen LogP contribution in [0.25, 0.3) is 0 Å². The minimum atomic E-state index is 0.839. The van der Waals surface area contributed by atoms with E-state index in [1.807, 2.05) is 12.1 Å². The molecule has 0 radical (unpaired) electrons. The lowest BCUT2D eigenvalue weighted by Gasteiger charge is -2.34. The second-order valence-electron chi connectivity index (χ2n) is 5.27. The maximum Gasteiger partial charge on any atom is 0.118 e. The Balaban J connectivity index is 1.67. The minimum absolute atomic E-state index is 0.839. The van der Waals surface area contributed by atoms with Gasteiger partial charge in [-0.3, -0.25) is 4.90 Å². The van der Waals surface area contributed by atoms with Gasteiger partial charge in [0.25, 0.3) is 0 Å². The molecule has 1 fully saturated rings. The fourth-order valence-electron chi connectivity index (χ4n) is 2.54. The summed E-state index contributed by atoms with van der Waals surface area (Å²) in [6, 6.07) is 8.40. The van der Waals surface area contributed by atoms with E-state index in [9.17, 15) is 0 Å². The molecule has 1 saturated heterocycles. The third-order valence-corrected chi connectivity index (χ3v) is 3.95. The molecular formula is C16H26N2O2. The molecule has 1 aliphatic rings. The highest BCUT2D eigenvalue weighted by molar-refractivity contribution is 5.27. The van der Waals surface area contributed by atoms with Crippen LogP contribution in [0.4, 0.5) is 0 Å². The third-order valence-electron chi connectivity index (χ3n) is 3.95. The van der Waals surface area contributed by atoms with Crippen molar-refractivity contribution in [1.29, 1.82) is 0 Å². The first-order chi connectivity index (χ1) is 9.81. The van der Waals surface area contributed by atoms with Crippen molar-refractivity contribution in [2.75, 3.05) is 60.1 Å². The fraction of sp³-hybridized carbons (Fsp3) is 0.625. The monoisotopic (exact) mass is 278 g/mol. The van der Waals surface area contributed by atoms with Gasteiger partial charge in [-0.05, 0) is 24.1 Å². The van der Waals surface area contributed by atoms with Crippen LogP contribution in [0.15, 0.2) is 24.3 Å². The normalized spacial score (nSPS) is 17.3. The van der Waals surface area contributed by atoms with Crippen LogP contribution in [0.1, 0.15) is 5.56 Å². The molecule has 0 saturated carbocycles. The molecule has 4 nitrogen and oxygen atoms in total. The molecule has 1 aromatic carbocycles. The second-order valence-corrected chi connectivity index (χ2v) is 5.27. The number of rotatable bonds is 7. The lowest BCUT2D eigenvalue weighted by atomic mass is 10.1. The molecule has 0 aliphatic carbocycles. The molecule has 20 heavy (non-hydrogen) atoms. The zero-order valence-corrected chi connectivity index (χ0v) is 12.7. The van der Waals surface area contributed by atoms with Crippen LogP contribution in [0.3, 0.4) is 0 Å². The second kappa shape index (κ2) is 8.25. The average molecular weight is 278 g/mol. The van der Waals surface area contributed by atoms with Gasteiger partial charge in [-0.15, -0.1) is 0 Å². The maximum atomic E-state index is 5.18. The predicted molar refractivity (Wildman–Crippen MR) is 81.5 cm³/mol. The van der Waals surface area contributed by atoms with Gasteiger partial charge in [-0.1, -0.05) is 12.1 Å². The maximum absolute atomic E-state index is 5.18. The minimum Gasteiger partial charge on any atom is -0.497 e. The number of nitrogens with zero attached hydrogens (tertiary/aromatic N) is 2. The summed E-state index contributed by atoms with van der Waals surface area (Å²) in [5.41, 5.74) is 1.38. The van der Waals surface area contributed by atoms with Crippen molar-refractivity contribution in [3.63, 3.8) is 0 Å². The highest BCUT2D eigenvalue weighted by Gasteiger charge is 2.15. The van der Waals surface area contributed by atoms with Gasteiger partial charge in [0.1, 0.15) is 5.75 Å². The Hall–Kier alpha value is -1.10. The van der Waals surface area contributed by atoms with Crippen molar-refractivity contribution in [2.24, 2.45) is 0 Å². The summed E-state index contributed by atoms with van der Waals surface area (Å²) in [5, 5.41) is 0. The summed E-state index contributed by atoms with van der Waals surface area (Å²) < 4.78 is 10.3. The van der Waals surface area contributed by atoms with E-state index in [1.165, 1.54) is 18.7 Å². The molecule has 0 atom stereocenters. The van der Waals surface area contributed by atoms with E-state index in [1.54, 1.807) is 14.2 Å². The van der Waals surface area contributed by atoms with E-state index >= 15 is 0 Å². The number of hydrogen-bond acceptors (Lipinski definition) is 4. The Morgan fingerprint density at radius 3 is 2.05 bits per heavy atom. The van der Waals surface area contributed by atoms with Gasteiger partial charge in [0.15, 0.2) is 0 Å². The largest absolute Gasteiger partial charge is 0.497 e. The van der Waals surface area contributed by atoms with Crippen molar-refractivity contribution < 1.29 is 9.47 Å². The van der Waals surface area contributed by atoms with Crippen LogP contribution in [0.2, 0.25) is 0 Å². The first kappa shape index (κ1) is 15.3. The molecule has 0 amide bonds. The number of benzene rings is 1. The SMILES string of the molecule is COCCN1CCN(CCc2ccc(OC)cc2)CC1. The van der Waals surface area contributed by atoms with Gasteiger partial charge in [0.05, 0.1) is 13.7 Å². The Morgan fingerprint density at radius 1 is 0.900 bits per heavy atom. The van der Waals surface area contributed by atoms with Crippen LogP contribution in [-0.2, 0) is 11.2 Å². The Bertz CT molecular complexity index is 373. The summed E-state index contributed by atoms with van der Waals surface area (Å²) >= 11 is 0. The molecule has 1 aromatic rings. The topological polar surface area (TPSA) is 24.9 Å². The summed E-state index contributed by atoms with van der Waals surface area (Å²) in [7, 11) is 3.48. The molecule has 0 unspecified atom stereocenters. The van der Waals surface area contributed by atoms with Gasteiger partial charge in [-0.25, -0.2) is 0 Å². The fourth-order valence-corrected chi connectivity index (χ4v) is 2.54. The van der Waals surface area contributed by atoms with Gasteiger partial charge in [0.2, 0.25) is 0 Å². The highest BCUT2D eigenvalue weighted by Crippen LogP contribution is 2.12. The van der Waals surface area contributed by atoms with E-state index in [2.05, 4.69) is 21.9 Å². The molecular weight excluding hydrogens is 252 g/mol. The Kier molecular flexibility index (Phi) is 6.30. The Morgan fingerprint density at radius 2 is 1.50 bits per heavy atom. The number of piperazine rings is 1. The standard InChI is InChI=1S/C16H26N2O2/c1-19-14-13-18-11-9-17(10-12-18)8-7-15-3-5-16(20-2)6-4-15/h3-6H,7-14H2,1-2H3. The number of methoxy groups -OCH3 is 2. The molecule has 0 bridgehead atoms. The number of ether oxygens (including phenoxy) is 2. The van der Waals surface area contributed by atoms with Crippen molar-refractivity contribution in [1.82, 2.24) is 9.80 Å². The van der Waals surface area contributed by atoms with Crippen molar-refractivity contribution in [3.8, 4) is 5.75 Å². The van der Waals surface area contributed by atoms with Gasteiger partial charge >= 0.3 is 0 Å². The summed E-state index contributed by atoms with van der Waals surface area (Å²) in [5.74, 6) is 0.931. The van der Waals surface area contributed by atoms with Crippen LogP contribution >= 0.6 is 0 Å². The van der Waals surface area contributed by atoms with E-state index < -0.39 is 0 Å². The predicted octanol–water partition coefficient (Wildman–Crippen LogP) is 1.50. The molecule has 0 spiro atoms. The van der Waals surface area contributed by atoms with Crippen LogP contribution in [0, 0.1) is 0 Å². The van der Waals surface area contributed by atoms with Crippen LogP contribution in [-0.4, -0.2) is 69.9 Å². The first-order valence-electron chi connectivity index (χ1n) is 7.38. The lowest BCUT2D eigenvalue weighted by molar-refractivity contribution is 0.0976. The zero-order valence-electron chi connectivity index (χ0n) is 12.7. The van der Waals surface area contributed by atoms with Gasteiger partial charge < -0.3 is 14.4 Å². The van der Waals surface area contributed by atoms with Crippen LogP contribution in [0.5, 0.6) is 5.75 Å². The molecule has 4 heteroatoms. The molecule has 1 heterocycles. The van der Waals surface area contributed by atoms with E-state index in [0.717, 1.165) is 45.0 Å². The van der Waals surface area contributed by atoms with E-state index in [0.29, 0.717) is 0 Å². The molecule has 112 valence electrons. The molecule has 0 N–H and O–H groups in total. The summed E-state index contributed by atoms with van der Waals surface area (Å²) in [6.45, 7) is 7.69. The van der Waals surface area contributed by atoms with Crippen molar-refractivity contribution in [3.05, 3.63) is 29.8 Å². The third kappa shape index (κ3) is 4.78. The zero-order chi connectivity index (χ0) is 14.2. The van der Waals surface area contributed by atoms with Crippen molar-refractivity contribution in [2.45, 2.75) is 6.42 Å². The average Bonchev–Trinajstić information content (AvgIpc) is 2.52. The van der Waals surface area contributed by atoms with E-state index in [4.69, 9.17) is 9.47 Å². The van der Waals surface area contributed by atoms with E-state index in [-0.39, 0.29) is 0 Å². The summed E-state index contributed by atoms with van der Waals surface area (Å²) in [6.07, 6.45) is 1.11. The molecule has 1 aliphatic heterocycles. The Labute approximate surface area is 122 Å². The van der Waals surface area contributed by atoms with Crippen molar-refractivity contribution >= 4 is 0 Å². The highest BCUT2D eigenvalue weighted by atomic mass is 16.5.